The summed E-state index contributed by atoms with van der Waals surface area (Å²) < 4.78 is 0. The predicted molar refractivity (Wildman–Crippen MR) is 56.4 cm³/mol. The summed E-state index contributed by atoms with van der Waals surface area (Å²) in [6.45, 7) is 0. The first-order valence-electron chi connectivity index (χ1n) is 4.47. The molecule has 1 atom stereocenters. The average Bonchev–Trinajstić information content (AvgIpc) is 2.24. The Kier molecular flexibility index (Phi) is 2.29. The van der Waals surface area contributed by atoms with Gasteiger partial charge in [0, 0.05) is 17.0 Å². The minimum atomic E-state index is -1.85. The van der Waals surface area contributed by atoms with E-state index in [0.29, 0.717) is 16.2 Å². The van der Waals surface area contributed by atoms with Gasteiger partial charge in [0.2, 0.25) is 0 Å². The molecule has 2 N–H and O–H groups in total. The number of halogens is 1. The molecule has 4 heteroatoms. The lowest BCUT2D eigenvalue weighted by Gasteiger charge is -2.28. The van der Waals surface area contributed by atoms with E-state index in [9.17, 15) is 9.90 Å². The van der Waals surface area contributed by atoms with Crippen LogP contribution in [-0.2, 0) is 10.4 Å². The lowest BCUT2D eigenvalue weighted by Crippen LogP contribution is -2.37. The second kappa shape index (κ2) is 3.36. The Morgan fingerprint density at radius 1 is 1.40 bits per heavy atom. The summed E-state index contributed by atoms with van der Waals surface area (Å²) in [7, 11) is 0. The molecule has 1 aromatic carbocycles. The molecular weight excluding hydrogens is 216 g/mol. The number of aliphatic carboxylic acids is 1. The van der Waals surface area contributed by atoms with Gasteiger partial charge in [-0.05, 0) is 5.56 Å². The third-order valence-electron chi connectivity index (χ3n) is 2.56. The van der Waals surface area contributed by atoms with Crippen LogP contribution < -0.4 is 0 Å². The molecule has 0 aliphatic heterocycles. The van der Waals surface area contributed by atoms with Crippen molar-refractivity contribution < 1.29 is 15.0 Å². The molecule has 1 aliphatic carbocycles. The maximum atomic E-state index is 11.0. The maximum absolute atomic E-state index is 11.0. The minimum absolute atomic E-state index is 0.00181. The zero-order chi connectivity index (χ0) is 11.1. The number of fused-ring (bicyclic) bond motifs is 1. The second-order valence-corrected chi connectivity index (χ2v) is 3.87. The van der Waals surface area contributed by atoms with Gasteiger partial charge in [0.05, 0.1) is 0 Å². The SMILES string of the molecule is O=C(O)C1(O)CC=C(Cl)c2ccccc21. The molecule has 0 radical (unpaired) electrons. The maximum Gasteiger partial charge on any atom is 0.340 e. The third-order valence-corrected chi connectivity index (χ3v) is 2.92. The lowest BCUT2D eigenvalue weighted by molar-refractivity contribution is -0.159. The largest absolute Gasteiger partial charge is 0.479 e. The van der Waals surface area contributed by atoms with Crippen LogP contribution in [0.3, 0.4) is 0 Å². The first kappa shape index (κ1) is 10.2. The molecule has 0 spiro atoms. The molecular formula is C11H9ClO3. The highest BCUT2D eigenvalue weighted by Crippen LogP contribution is 2.38. The summed E-state index contributed by atoms with van der Waals surface area (Å²) >= 11 is 5.94. The van der Waals surface area contributed by atoms with Crippen LogP contribution in [0.25, 0.3) is 5.03 Å². The van der Waals surface area contributed by atoms with Crippen molar-refractivity contribution in [1.82, 2.24) is 0 Å². The van der Waals surface area contributed by atoms with Gasteiger partial charge in [-0.3, -0.25) is 0 Å². The van der Waals surface area contributed by atoms with Gasteiger partial charge < -0.3 is 10.2 Å². The van der Waals surface area contributed by atoms with Gasteiger partial charge in [0.25, 0.3) is 0 Å². The van der Waals surface area contributed by atoms with Crippen molar-refractivity contribution in [1.29, 1.82) is 0 Å². The van der Waals surface area contributed by atoms with Crippen molar-refractivity contribution in [3.05, 3.63) is 41.5 Å². The Bertz CT molecular complexity index is 453. The molecule has 0 saturated heterocycles. The van der Waals surface area contributed by atoms with E-state index in [2.05, 4.69) is 0 Å². The van der Waals surface area contributed by atoms with Crippen LogP contribution in [0, 0.1) is 0 Å². The summed E-state index contributed by atoms with van der Waals surface area (Å²) in [6.07, 6.45) is 1.52. The molecule has 3 nitrogen and oxygen atoms in total. The first-order valence-corrected chi connectivity index (χ1v) is 4.85. The molecule has 0 aromatic heterocycles. The van der Waals surface area contributed by atoms with Crippen LogP contribution in [0.5, 0.6) is 0 Å². The number of carbonyl (C=O) groups is 1. The summed E-state index contributed by atoms with van der Waals surface area (Å²) in [6, 6.07) is 6.71. The zero-order valence-corrected chi connectivity index (χ0v) is 8.53. The van der Waals surface area contributed by atoms with Crippen LogP contribution in [0.1, 0.15) is 17.5 Å². The summed E-state index contributed by atoms with van der Waals surface area (Å²) in [4.78, 5) is 11.0. The highest BCUT2D eigenvalue weighted by molar-refractivity contribution is 6.49. The van der Waals surface area contributed by atoms with E-state index >= 15 is 0 Å². The lowest BCUT2D eigenvalue weighted by atomic mass is 9.83. The normalized spacial score (nSPS) is 24.3. The van der Waals surface area contributed by atoms with E-state index < -0.39 is 11.6 Å². The van der Waals surface area contributed by atoms with Gasteiger partial charge in [0.1, 0.15) is 0 Å². The monoisotopic (exact) mass is 224 g/mol. The molecule has 1 unspecified atom stereocenters. The molecule has 15 heavy (non-hydrogen) atoms. The van der Waals surface area contributed by atoms with E-state index in [1.54, 1.807) is 24.3 Å². The number of benzene rings is 1. The van der Waals surface area contributed by atoms with Gasteiger partial charge in [0.15, 0.2) is 5.60 Å². The van der Waals surface area contributed by atoms with Gasteiger partial charge in [-0.1, -0.05) is 41.9 Å². The highest BCUT2D eigenvalue weighted by Gasteiger charge is 2.41. The minimum Gasteiger partial charge on any atom is -0.479 e. The van der Waals surface area contributed by atoms with Crippen molar-refractivity contribution in [2.24, 2.45) is 0 Å². The first-order chi connectivity index (χ1) is 7.05. The van der Waals surface area contributed by atoms with Crippen LogP contribution >= 0.6 is 11.6 Å². The topological polar surface area (TPSA) is 57.5 Å². The van der Waals surface area contributed by atoms with Crippen LogP contribution in [0.2, 0.25) is 0 Å². The molecule has 1 aromatic rings. The van der Waals surface area contributed by atoms with Gasteiger partial charge in [-0.2, -0.15) is 0 Å². The van der Waals surface area contributed by atoms with Crippen molar-refractivity contribution in [2.75, 3.05) is 0 Å². The van der Waals surface area contributed by atoms with E-state index in [1.807, 2.05) is 0 Å². The zero-order valence-electron chi connectivity index (χ0n) is 7.77. The summed E-state index contributed by atoms with van der Waals surface area (Å²) in [5, 5.41) is 19.5. The Morgan fingerprint density at radius 2 is 2.07 bits per heavy atom. The van der Waals surface area contributed by atoms with E-state index in [1.165, 1.54) is 6.08 Å². The van der Waals surface area contributed by atoms with E-state index in [4.69, 9.17) is 16.7 Å². The van der Waals surface area contributed by atoms with E-state index in [-0.39, 0.29) is 6.42 Å². The summed E-state index contributed by atoms with van der Waals surface area (Å²) in [5.74, 6) is -1.25. The molecule has 0 heterocycles. The molecule has 78 valence electrons. The third kappa shape index (κ3) is 1.44. The number of carboxylic acids is 1. The van der Waals surface area contributed by atoms with Gasteiger partial charge in [-0.15, -0.1) is 0 Å². The van der Waals surface area contributed by atoms with Crippen LogP contribution in [0.4, 0.5) is 0 Å². The highest BCUT2D eigenvalue weighted by atomic mass is 35.5. The molecule has 2 rings (SSSR count). The van der Waals surface area contributed by atoms with Crippen LogP contribution in [0.15, 0.2) is 30.3 Å². The van der Waals surface area contributed by atoms with Gasteiger partial charge >= 0.3 is 5.97 Å². The number of hydrogen-bond acceptors (Lipinski definition) is 2. The molecule has 0 saturated carbocycles. The molecule has 1 aliphatic rings. The molecule has 0 fully saturated rings. The Hall–Kier alpha value is -1.32. The average molecular weight is 225 g/mol. The number of hydrogen-bond donors (Lipinski definition) is 2. The number of carboxylic acid groups (broad SMARTS) is 1. The number of rotatable bonds is 1. The van der Waals surface area contributed by atoms with Crippen molar-refractivity contribution in [3.8, 4) is 0 Å². The Morgan fingerprint density at radius 3 is 2.73 bits per heavy atom. The van der Waals surface area contributed by atoms with Crippen molar-refractivity contribution in [2.45, 2.75) is 12.0 Å². The van der Waals surface area contributed by atoms with E-state index in [0.717, 1.165) is 0 Å². The fraction of sp³-hybridized carbons (Fsp3) is 0.182. The summed E-state index contributed by atoms with van der Waals surface area (Å²) in [5.41, 5.74) is -0.921. The van der Waals surface area contributed by atoms with Crippen LogP contribution in [-0.4, -0.2) is 16.2 Å². The quantitative estimate of drug-likeness (QED) is 0.767. The fourth-order valence-electron chi connectivity index (χ4n) is 1.71. The van der Waals surface area contributed by atoms with Crippen molar-refractivity contribution >= 4 is 22.6 Å². The Balaban J connectivity index is 2.65. The predicted octanol–water partition coefficient (Wildman–Crippen LogP) is 1.94. The number of aliphatic hydroxyl groups is 1. The van der Waals surface area contributed by atoms with Crippen molar-refractivity contribution in [3.63, 3.8) is 0 Å². The molecule has 0 amide bonds. The smallest absolute Gasteiger partial charge is 0.340 e. The Labute approximate surface area is 91.6 Å². The second-order valence-electron chi connectivity index (χ2n) is 3.47. The molecule has 0 bridgehead atoms. The van der Waals surface area contributed by atoms with Gasteiger partial charge in [-0.25, -0.2) is 4.79 Å². The fourth-order valence-corrected chi connectivity index (χ4v) is 1.95. The standard InChI is InChI=1S/C11H9ClO3/c12-9-5-6-11(15,10(13)14)8-4-2-1-3-7(8)9/h1-5,15H,6H2,(H,13,14).